The molecule has 2 aromatic rings. The Hall–Kier alpha value is -3.54. The van der Waals surface area contributed by atoms with E-state index in [9.17, 15) is 9.59 Å². The molecule has 0 aliphatic carbocycles. The monoisotopic (exact) mass is 379 g/mol. The Morgan fingerprint density at radius 2 is 1.43 bits per heavy atom. The first-order valence-corrected chi connectivity index (χ1v) is 8.95. The smallest absolute Gasteiger partial charge is 0.332 e. The zero-order chi connectivity index (χ0) is 19.8. The third-order valence-corrected chi connectivity index (χ3v) is 3.91. The summed E-state index contributed by atoms with van der Waals surface area (Å²) < 4.78 is 16.5. The van der Waals surface area contributed by atoms with Crippen LogP contribution in [-0.4, -0.2) is 18.5 Å². The molecule has 1 amide bonds. The molecule has 2 aromatic carbocycles. The molecule has 0 fully saturated rings. The molecule has 144 valence electrons. The van der Waals surface area contributed by atoms with Gasteiger partial charge in [0.2, 0.25) is 5.76 Å². The number of hydrogen-bond acceptors (Lipinski definition) is 5. The fraction of sp³-hybridized carbons (Fsp3) is 0.182. The predicted octanol–water partition coefficient (Wildman–Crippen LogP) is 3.21. The zero-order valence-corrected chi connectivity index (χ0v) is 15.5. The predicted molar refractivity (Wildman–Crippen MR) is 102 cm³/mol. The Labute approximate surface area is 163 Å². The molecule has 0 unspecified atom stereocenters. The van der Waals surface area contributed by atoms with Crippen LogP contribution in [0.15, 0.2) is 84.0 Å². The molecule has 1 N–H and O–H groups in total. The lowest BCUT2D eigenvalue weighted by Crippen LogP contribution is -2.18. The fourth-order valence-electron chi connectivity index (χ4n) is 2.60. The topological polar surface area (TPSA) is 73.9 Å². The minimum absolute atomic E-state index is 0.0373. The van der Waals surface area contributed by atoms with E-state index in [0.717, 1.165) is 11.1 Å². The highest BCUT2D eigenvalue weighted by atomic mass is 16.5. The minimum Gasteiger partial charge on any atom is -0.483 e. The summed E-state index contributed by atoms with van der Waals surface area (Å²) in [6.45, 7) is 2.37. The van der Waals surface area contributed by atoms with Crippen LogP contribution in [0, 0.1) is 0 Å². The van der Waals surface area contributed by atoms with Crippen molar-refractivity contribution in [1.82, 2.24) is 5.32 Å². The molecular formula is C22H21NO5. The average molecular weight is 379 g/mol. The van der Waals surface area contributed by atoms with Gasteiger partial charge < -0.3 is 19.5 Å². The Morgan fingerprint density at radius 1 is 0.893 bits per heavy atom. The summed E-state index contributed by atoms with van der Waals surface area (Å²) in [6.07, 6.45) is 1.20. The highest BCUT2D eigenvalue weighted by Gasteiger charge is 2.32. The van der Waals surface area contributed by atoms with Gasteiger partial charge in [-0.25, -0.2) is 4.79 Å². The van der Waals surface area contributed by atoms with Crippen molar-refractivity contribution in [3.8, 4) is 0 Å². The van der Waals surface area contributed by atoms with Crippen LogP contribution in [0.4, 0.5) is 0 Å². The lowest BCUT2D eigenvalue weighted by Gasteiger charge is -2.11. The van der Waals surface area contributed by atoms with Crippen molar-refractivity contribution < 1.29 is 23.8 Å². The third kappa shape index (κ3) is 5.01. The number of rotatable bonds is 8. The normalized spacial score (nSPS) is 14.8. The molecule has 3 rings (SSSR count). The van der Waals surface area contributed by atoms with E-state index in [1.165, 1.54) is 6.08 Å². The lowest BCUT2D eigenvalue weighted by atomic mass is 10.2. The lowest BCUT2D eigenvalue weighted by molar-refractivity contribution is -0.137. The van der Waals surface area contributed by atoms with Gasteiger partial charge in [0.1, 0.15) is 13.2 Å². The van der Waals surface area contributed by atoms with E-state index in [2.05, 4.69) is 5.32 Å². The van der Waals surface area contributed by atoms with Gasteiger partial charge in [-0.15, -0.1) is 0 Å². The van der Waals surface area contributed by atoms with Crippen LogP contribution in [-0.2, 0) is 37.0 Å². The number of esters is 1. The quantitative estimate of drug-likeness (QED) is 0.563. The van der Waals surface area contributed by atoms with Crippen molar-refractivity contribution in [2.45, 2.75) is 20.1 Å². The molecule has 6 heteroatoms. The summed E-state index contributed by atoms with van der Waals surface area (Å²) in [6, 6.07) is 19.0. The Kier molecular flexibility index (Phi) is 6.46. The van der Waals surface area contributed by atoms with E-state index in [-0.39, 0.29) is 37.0 Å². The molecule has 0 atom stereocenters. The Morgan fingerprint density at radius 3 is 1.96 bits per heavy atom. The second-order valence-electron chi connectivity index (χ2n) is 5.97. The van der Waals surface area contributed by atoms with Gasteiger partial charge in [-0.1, -0.05) is 60.7 Å². The third-order valence-electron chi connectivity index (χ3n) is 3.91. The van der Waals surface area contributed by atoms with E-state index in [1.54, 1.807) is 6.92 Å². The average Bonchev–Trinajstić information content (AvgIpc) is 3.00. The SMILES string of the molecule is CCOC(=O)/C=C1\NC(=O)C(OCc2ccccc2)=C1OCc1ccccc1. The van der Waals surface area contributed by atoms with Crippen molar-refractivity contribution in [1.29, 1.82) is 0 Å². The van der Waals surface area contributed by atoms with Crippen LogP contribution >= 0.6 is 0 Å². The first kappa shape index (κ1) is 19.2. The van der Waals surface area contributed by atoms with Gasteiger partial charge >= 0.3 is 5.97 Å². The molecule has 0 bridgehead atoms. The van der Waals surface area contributed by atoms with Crippen LogP contribution < -0.4 is 5.32 Å². The van der Waals surface area contributed by atoms with Gasteiger partial charge in [-0.2, -0.15) is 0 Å². The van der Waals surface area contributed by atoms with E-state index in [1.807, 2.05) is 60.7 Å². The summed E-state index contributed by atoms with van der Waals surface area (Å²) in [4.78, 5) is 24.2. The summed E-state index contributed by atoms with van der Waals surface area (Å²) in [7, 11) is 0. The number of carbonyl (C=O) groups excluding carboxylic acids is 2. The fourth-order valence-corrected chi connectivity index (χ4v) is 2.60. The molecule has 0 aromatic heterocycles. The minimum atomic E-state index is -0.567. The number of hydrogen-bond donors (Lipinski definition) is 1. The largest absolute Gasteiger partial charge is 0.483 e. The molecule has 0 radical (unpaired) electrons. The molecule has 0 saturated heterocycles. The molecule has 1 aliphatic rings. The van der Waals surface area contributed by atoms with Crippen LogP contribution in [0.25, 0.3) is 0 Å². The summed E-state index contributed by atoms with van der Waals surface area (Å²) >= 11 is 0. The van der Waals surface area contributed by atoms with Gasteiger partial charge in [0, 0.05) is 0 Å². The zero-order valence-electron chi connectivity index (χ0n) is 15.5. The van der Waals surface area contributed by atoms with E-state index in [0.29, 0.717) is 0 Å². The number of nitrogens with one attached hydrogen (secondary N) is 1. The van der Waals surface area contributed by atoms with Crippen LogP contribution in [0.1, 0.15) is 18.1 Å². The van der Waals surface area contributed by atoms with Crippen LogP contribution in [0.2, 0.25) is 0 Å². The first-order chi connectivity index (χ1) is 13.7. The highest BCUT2D eigenvalue weighted by Crippen LogP contribution is 2.25. The number of amides is 1. The maximum absolute atomic E-state index is 12.4. The Balaban J connectivity index is 1.83. The van der Waals surface area contributed by atoms with Crippen molar-refractivity contribution >= 4 is 11.9 Å². The van der Waals surface area contributed by atoms with E-state index < -0.39 is 11.9 Å². The Bertz CT molecular complexity index is 888. The first-order valence-electron chi connectivity index (χ1n) is 8.95. The van der Waals surface area contributed by atoms with Gasteiger partial charge in [-0.3, -0.25) is 4.79 Å². The van der Waals surface area contributed by atoms with Gasteiger partial charge in [0.25, 0.3) is 5.91 Å². The molecule has 1 heterocycles. The molecule has 0 spiro atoms. The number of carbonyl (C=O) groups is 2. The highest BCUT2D eigenvalue weighted by molar-refractivity contribution is 5.99. The summed E-state index contributed by atoms with van der Waals surface area (Å²) in [5.74, 6) is -0.800. The molecule has 6 nitrogen and oxygen atoms in total. The molecule has 1 aliphatic heterocycles. The second-order valence-corrected chi connectivity index (χ2v) is 5.97. The standard InChI is InChI=1S/C22H21NO5/c1-2-26-19(24)13-18-20(27-14-16-9-5-3-6-10-16)21(22(25)23-18)28-15-17-11-7-4-8-12-17/h3-13H,2,14-15H2,1H3,(H,23,25)/b18-13-. The summed E-state index contributed by atoms with van der Waals surface area (Å²) in [5, 5.41) is 2.61. The van der Waals surface area contributed by atoms with E-state index in [4.69, 9.17) is 14.2 Å². The van der Waals surface area contributed by atoms with Crippen molar-refractivity contribution in [3.05, 3.63) is 95.1 Å². The number of ether oxygens (including phenoxy) is 3. The van der Waals surface area contributed by atoms with Crippen molar-refractivity contribution in [2.75, 3.05) is 6.61 Å². The summed E-state index contributed by atoms with van der Waals surface area (Å²) in [5.41, 5.74) is 2.06. The van der Waals surface area contributed by atoms with Crippen LogP contribution in [0.5, 0.6) is 0 Å². The van der Waals surface area contributed by atoms with Crippen LogP contribution in [0.3, 0.4) is 0 Å². The molecule has 28 heavy (non-hydrogen) atoms. The van der Waals surface area contributed by atoms with Gasteiger partial charge in [0.15, 0.2) is 5.76 Å². The van der Waals surface area contributed by atoms with Gasteiger partial charge in [0.05, 0.1) is 18.4 Å². The maximum atomic E-state index is 12.4. The van der Waals surface area contributed by atoms with Crippen molar-refractivity contribution in [3.63, 3.8) is 0 Å². The van der Waals surface area contributed by atoms with E-state index >= 15 is 0 Å². The van der Waals surface area contributed by atoms with Crippen molar-refractivity contribution in [2.24, 2.45) is 0 Å². The number of benzene rings is 2. The molecular weight excluding hydrogens is 358 g/mol. The maximum Gasteiger partial charge on any atom is 0.332 e. The second kappa shape index (κ2) is 9.41. The van der Waals surface area contributed by atoms with Gasteiger partial charge in [-0.05, 0) is 18.1 Å². The molecule has 0 saturated carbocycles.